The molecule has 0 aliphatic carbocycles. The summed E-state index contributed by atoms with van der Waals surface area (Å²) < 4.78 is 0. The van der Waals surface area contributed by atoms with E-state index in [1.807, 2.05) is 0 Å². The van der Waals surface area contributed by atoms with Crippen molar-refractivity contribution in [2.24, 2.45) is 0 Å². The first-order chi connectivity index (χ1) is 21.0. The smallest absolute Gasteiger partial charge is 0.700 e. The predicted octanol–water partition coefficient (Wildman–Crippen LogP) is 13.5. The average Bonchev–Trinajstić information content (AvgIpc) is 3.10. The van der Waals surface area contributed by atoms with Crippen LogP contribution in [0.3, 0.4) is 0 Å². The molecule has 54 heavy (non-hydrogen) atoms. The fraction of sp³-hybridized carbons (Fsp3) is 0.760. The number of benzene rings is 1. The van der Waals surface area contributed by atoms with Gasteiger partial charge in [0.15, 0.2) is 0 Å². The van der Waals surface area contributed by atoms with Crippen molar-refractivity contribution in [1.82, 2.24) is 0 Å². The van der Waals surface area contributed by atoms with Crippen molar-refractivity contribution in [2.75, 3.05) is 118 Å². The predicted molar refractivity (Wildman–Crippen MR) is 207 cm³/mol. The van der Waals surface area contributed by atoms with Crippen LogP contribution in [-0.4, -0.2) is 118 Å². The first-order valence-corrected chi connectivity index (χ1v) is 13.2. The molecule has 0 saturated carbocycles. The topological polar surface area (TPSA) is 476 Å². The van der Waals surface area contributed by atoms with Crippen molar-refractivity contribution in [1.29, 1.82) is 0 Å². The first kappa shape index (κ1) is 124. The normalized spacial score (nSPS) is 6.33. The summed E-state index contributed by atoms with van der Waals surface area (Å²) in [6.45, 7) is 4.25. The molecule has 1 rings (SSSR count). The second-order valence-electron chi connectivity index (χ2n) is 6.05. The second-order valence-corrected chi connectivity index (χ2v) is 6.05. The van der Waals surface area contributed by atoms with Crippen LogP contribution in [0, 0.1) is 0 Å². The molecule has 0 fully saturated rings. The molecule has 0 unspecified atom stereocenters. The molecule has 0 saturated heterocycles. The Morgan fingerprint density at radius 3 is 0.426 bits per heavy atom. The third kappa shape index (κ3) is 306. The molecule has 0 atom stereocenters. The molecule has 20 nitrogen and oxygen atoms in total. The van der Waals surface area contributed by atoms with E-state index in [-0.39, 0.29) is 289 Å². The van der Waals surface area contributed by atoms with Crippen molar-refractivity contribution in [2.45, 2.75) is 7.43 Å². The maximum absolute atomic E-state index is 7.03. The van der Waals surface area contributed by atoms with E-state index < -0.39 is 0 Å². The van der Waals surface area contributed by atoms with E-state index in [1.165, 1.54) is 0 Å². The standard InChI is InChI=1S/C6H6N2.9C2H6N2.CH4.Co.Cu.Fe.5Ni.Zn/c7-5-3-1-2-4-6(5)8;9*3-1-2-4;;;;;;;;;;/h1-4,7-8H;9*3-4H,1-2H2;1H4;;;;;;;;;/q10*-2;;3*+2;;5*+2. The number of rotatable bonds is 9. The van der Waals surface area contributed by atoms with Crippen LogP contribution in [0.15, 0.2) is 24.3 Å². The molecule has 0 aliphatic rings. The van der Waals surface area contributed by atoms with Crippen molar-refractivity contribution < 1.29 is 153 Å². The summed E-state index contributed by atoms with van der Waals surface area (Å²) >= 11 is 0. The molecule has 29 heteroatoms. The van der Waals surface area contributed by atoms with Crippen molar-refractivity contribution in [3.63, 3.8) is 0 Å². The Bertz CT molecular complexity index is 407. The fourth-order valence-corrected chi connectivity index (χ4v) is 0.483. The minimum atomic E-state index is 0. The minimum Gasteiger partial charge on any atom is -0.700 e. The monoisotopic (exact) mass is 1180 g/mol. The summed E-state index contributed by atoms with van der Waals surface area (Å²) in [6.07, 6.45) is 0. The average molecular weight is 1180 g/mol. The van der Waals surface area contributed by atoms with Crippen LogP contribution < -0.4 is 0 Å². The maximum atomic E-state index is 7.03. The van der Waals surface area contributed by atoms with Gasteiger partial charge in [-0.2, -0.15) is 129 Å². The summed E-state index contributed by atoms with van der Waals surface area (Å²) in [7, 11) is 0. The molecule has 0 amide bonds. The van der Waals surface area contributed by atoms with Gasteiger partial charge < -0.3 is 115 Å². The maximum Gasteiger partial charge on any atom is 2.00 e. The van der Waals surface area contributed by atoms with Gasteiger partial charge >= 0.3 is 136 Å². The molecule has 0 aliphatic heterocycles. The van der Waals surface area contributed by atoms with E-state index in [0.717, 1.165) is 0 Å². The Kier molecular flexibility index (Phi) is 405. The Morgan fingerprint density at radius 1 is 0.315 bits per heavy atom. The van der Waals surface area contributed by atoms with Crippen molar-refractivity contribution in [3.05, 3.63) is 139 Å². The SMILES string of the molecule is C.[Co+2].[Cu+2].[Fe+2].[NH-]CC[NH-].[NH-]CC[NH-].[NH-]CC[NH-].[NH-]CC[NH-].[NH-]CC[NH-].[NH-]CC[NH-].[NH-]CC[NH-].[NH-]CC[NH-].[NH-]CC[NH-].[NH-]c1ccccc1[NH-].[Ni+2].[Ni+2].[Ni+2].[Ni+2].[Ni].[Zn+2]. The summed E-state index contributed by atoms with van der Waals surface area (Å²) in [4.78, 5) is 0. The molecule has 0 spiro atoms. The van der Waals surface area contributed by atoms with E-state index in [9.17, 15) is 0 Å². The molecule has 1 aromatic rings. The Morgan fingerprint density at radius 2 is 0.389 bits per heavy atom. The minimum absolute atomic E-state index is 0. The summed E-state index contributed by atoms with van der Waals surface area (Å²) in [5.74, 6) is 0. The van der Waals surface area contributed by atoms with Crippen LogP contribution in [-0.2, 0) is 153 Å². The van der Waals surface area contributed by atoms with Crippen LogP contribution in [0.5, 0.6) is 0 Å². The van der Waals surface area contributed by atoms with Gasteiger partial charge in [0.2, 0.25) is 0 Å². The second kappa shape index (κ2) is 177. The zero-order valence-electron chi connectivity index (χ0n) is 29.3. The molecule has 20 N–H and O–H groups in total. The van der Waals surface area contributed by atoms with Crippen LogP contribution in [0.2, 0.25) is 0 Å². The largest absolute Gasteiger partial charge is 2.00 e. The molecule has 2 radical (unpaired) electrons. The molecular formula is C25H64CoCuFeN20Ni5Zn-4. The summed E-state index contributed by atoms with van der Waals surface area (Å²) in [5, 5.41) is 0. The number of hydrogen-bond donors (Lipinski definition) is 0. The molecular weight excluding hydrogens is 1120 g/mol. The third-order valence-corrected chi connectivity index (χ3v) is 2.05. The van der Waals surface area contributed by atoms with Crippen LogP contribution in [0.25, 0.3) is 115 Å². The molecule has 1 aromatic carbocycles. The van der Waals surface area contributed by atoms with E-state index in [0.29, 0.717) is 0 Å². The summed E-state index contributed by atoms with van der Waals surface area (Å²) in [6, 6.07) is 6.70. The van der Waals surface area contributed by atoms with E-state index in [1.54, 1.807) is 24.3 Å². The number of nitrogens with one attached hydrogen (secondary N) is 20. The van der Waals surface area contributed by atoms with E-state index in [4.69, 9.17) is 115 Å². The van der Waals surface area contributed by atoms with Gasteiger partial charge in [-0.1, -0.05) is 31.7 Å². The first-order valence-electron chi connectivity index (χ1n) is 13.2. The van der Waals surface area contributed by atoms with E-state index in [2.05, 4.69) is 0 Å². The Labute approximate surface area is 424 Å². The van der Waals surface area contributed by atoms with Gasteiger partial charge in [-0.05, 0) is 0 Å². The van der Waals surface area contributed by atoms with Gasteiger partial charge in [0.1, 0.15) is 0 Å². The Balaban J connectivity index is -0.0000000147. The van der Waals surface area contributed by atoms with Gasteiger partial charge in [-0.3, -0.25) is 0 Å². The van der Waals surface area contributed by atoms with Gasteiger partial charge in [-0.15, -0.1) is 0 Å². The van der Waals surface area contributed by atoms with Crippen LogP contribution >= 0.6 is 0 Å². The van der Waals surface area contributed by atoms with Crippen molar-refractivity contribution >= 4 is 11.4 Å². The van der Waals surface area contributed by atoms with Crippen molar-refractivity contribution in [3.8, 4) is 0 Å². The third-order valence-electron chi connectivity index (χ3n) is 2.05. The molecule has 0 bridgehead atoms. The molecule has 0 aromatic heterocycles. The Hall–Kier alpha value is 2.74. The van der Waals surface area contributed by atoms with Gasteiger partial charge in [0, 0.05) is 16.5 Å². The zero-order valence-corrected chi connectivity index (χ0v) is 40.3. The van der Waals surface area contributed by atoms with Gasteiger partial charge in [0.05, 0.1) is 0 Å². The quantitative estimate of drug-likeness (QED) is 0.208. The fourth-order valence-electron chi connectivity index (χ4n) is 0.483. The summed E-state index contributed by atoms with van der Waals surface area (Å²) in [5.41, 5.74) is 127. The van der Waals surface area contributed by atoms with E-state index >= 15 is 0 Å². The molecule has 0 heterocycles. The van der Waals surface area contributed by atoms with Gasteiger partial charge in [0.25, 0.3) is 0 Å². The molecule has 348 valence electrons. The van der Waals surface area contributed by atoms with Crippen LogP contribution in [0.1, 0.15) is 7.43 Å². The zero-order chi connectivity index (χ0) is 36.7. The van der Waals surface area contributed by atoms with Gasteiger partial charge in [-0.25, -0.2) is 0 Å². The van der Waals surface area contributed by atoms with Crippen LogP contribution in [0.4, 0.5) is 11.4 Å². The number of hydrogen-bond acceptors (Lipinski definition) is 0.